The minimum absolute atomic E-state index is 0.0403. The highest BCUT2D eigenvalue weighted by Crippen LogP contribution is 2.53. The zero-order valence-electron chi connectivity index (χ0n) is 19.0. The molecular formula is C23H34O7. The average molecular weight is 423 g/mol. The third kappa shape index (κ3) is 4.93. The van der Waals surface area contributed by atoms with Gasteiger partial charge in [-0.1, -0.05) is 12.5 Å². The molecule has 168 valence electrons. The van der Waals surface area contributed by atoms with Crippen LogP contribution >= 0.6 is 0 Å². The lowest BCUT2D eigenvalue weighted by atomic mass is 9.70. The smallest absolute Gasteiger partial charge is 0.320 e. The van der Waals surface area contributed by atoms with Crippen LogP contribution < -0.4 is 0 Å². The van der Waals surface area contributed by atoms with Gasteiger partial charge in [0.2, 0.25) is 0 Å². The van der Waals surface area contributed by atoms with Crippen molar-refractivity contribution in [1.29, 1.82) is 0 Å². The molecule has 7 nitrogen and oxygen atoms in total. The van der Waals surface area contributed by atoms with E-state index >= 15 is 0 Å². The molecule has 2 aliphatic carbocycles. The highest BCUT2D eigenvalue weighted by molar-refractivity contribution is 6.01. The van der Waals surface area contributed by atoms with Gasteiger partial charge in [-0.15, -0.1) is 0 Å². The first-order chi connectivity index (χ1) is 14.0. The van der Waals surface area contributed by atoms with E-state index in [0.717, 1.165) is 5.57 Å². The van der Waals surface area contributed by atoms with Crippen LogP contribution in [-0.4, -0.2) is 43.0 Å². The number of hydrogen-bond acceptors (Lipinski definition) is 7. The Hall–Kier alpha value is -2.18. The van der Waals surface area contributed by atoms with E-state index in [9.17, 15) is 19.2 Å². The number of Topliss-reactive ketones (excluding diaryl/α,β-unsaturated/α-hetero) is 1. The molecule has 0 N–H and O–H groups in total. The highest BCUT2D eigenvalue weighted by Gasteiger charge is 2.50. The Morgan fingerprint density at radius 1 is 1.07 bits per heavy atom. The zero-order chi connectivity index (χ0) is 22.7. The van der Waals surface area contributed by atoms with Crippen LogP contribution in [0.1, 0.15) is 73.6 Å². The number of hydrogen-bond donors (Lipinski definition) is 0. The molecule has 7 heteroatoms. The lowest BCUT2D eigenvalue weighted by Crippen LogP contribution is -2.39. The van der Waals surface area contributed by atoms with Crippen LogP contribution in [0, 0.1) is 16.7 Å². The minimum atomic E-state index is -1.17. The standard InChI is InChI=1S/C23H34O7/c1-7-28-19(25)15(20(26)29-8-2)13-14-16-9-10-18(30-21(27)22(3,4)5)23(16,6)12-11-17(14)24/h15,18H,7-13H2,1-6H3/t18-,23-/m0/s1. The van der Waals surface area contributed by atoms with Gasteiger partial charge in [0.05, 0.1) is 18.6 Å². The van der Waals surface area contributed by atoms with E-state index in [-0.39, 0.29) is 43.9 Å². The van der Waals surface area contributed by atoms with Crippen LogP contribution in [0.25, 0.3) is 0 Å². The van der Waals surface area contributed by atoms with Crippen LogP contribution in [0.5, 0.6) is 0 Å². The summed E-state index contributed by atoms with van der Waals surface area (Å²) in [6.45, 7) is 11.0. The molecular weight excluding hydrogens is 388 g/mol. The first-order valence-corrected chi connectivity index (χ1v) is 10.8. The topological polar surface area (TPSA) is 96.0 Å². The lowest BCUT2D eigenvalue weighted by Gasteiger charge is -2.38. The molecule has 0 bridgehead atoms. The molecule has 0 amide bonds. The summed E-state index contributed by atoms with van der Waals surface area (Å²) in [6, 6.07) is 0. The zero-order valence-corrected chi connectivity index (χ0v) is 19.0. The van der Waals surface area contributed by atoms with Gasteiger partial charge in [-0.3, -0.25) is 19.2 Å². The van der Waals surface area contributed by atoms with Gasteiger partial charge < -0.3 is 14.2 Å². The van der Waals surface area contributed by atoms with Crippen molar-refractivity contribution in [2.24, 2.45) is 16.7 Å². The van der Waals surface area contributed by atoms with Crippen LogP contribution in [0.15, 0.2) is 11.1 Å². The molecule has 30 heavy (non-hydrogen) atoms. The van der Waals surface area contributed by atoms with Gasteiger partial charge in [0.25, 0.3) is 0 Å². The van der Waals surface area contributed by atoms with E-state index in [1.807, 2.05) is 27.7 Å². The molecule has 0 spiro atoms. The molecule has 0 unspecified atom stereocenters. The first-order valence-electron chi connectivity index (χ1n) is 10.8. The third-order valence-electron chi connectivity index (χ3n) is 6.04. The Bertz CT molecular complexity index is 725. The van der Waals surface area contributed by atoms with E-state index in [1.54, 1.807) is 13.8 Å². The lowest BCUT2D eigenvalue weighted by molar-refractivity contribution is -0.163. The normalized spacial score (nSPS) is 24.0. The molecule has 0 aromatic heterocycles. The number of ketones is 1. The summed E-state index contributed by atoms with van der Waals surface area (Å²) >= 11 is 0. The summed E-state index contributed by atoms with van der Waals surface area (Å²) in [5, 5.41) is 0. The van der Waals surface area contributed by atoms with Gasteiger partial charge in [-0.05, 0) is 65.9 Å². The Morgan fingerprint density at radius 2 is 1.63 bits per heavy atom. The molecule has 0 aromatic rings. The fraction of sp³-hybridized carbons (Fsp3) is 0.739. The molecule has 0 aromatic carbocycles. The average Bonchev–Trinajstić information content (AvgIpc) is 2.97. The van der Waals surface area contributed by atoms with Gasteiger partial charge in [-0.2, -0.15) is 0 Å². The number of esters is 3. The van der Waals surface area contributed by atoms with E-state index in [1.165, 1.54) is 0 Å². The number of carbonyl (C=O) groups excluding carboxylic acids is 4. The fourth-order valence-electron chi connectivity index (χ4n) is 4.26. The van der Waals surface area contributed by atoms with Crippen molar-refractivity contribution >= 4 is 23.7 Å². The quantitative estimate of drug-likeness (QED) is 0.352. The summed E-state index contributed by atoms with van der Waals surface area (Å²) in [5.41, 5.74) is 0.292. The van der Waals surface area contributed by atoms with Gasteiger partial charge in [0, 0.05) is 11.8 Å². The molecule has 0 heterocycles. The molecule has 2 aliphatic rings. The maximum atomic E-state index is 12.8. The van der Waals surface area contributed by atoms with Crippen molar-refractivity contribution in [3.05, 3.63) is 11.1 Å². The van der Waals surface area contributed by atoms with E-state index in [2.05, 4.69) is 0 Å². The van der Waals surface area contributed by atoms with Crippen LogP contribution in [0.3, 0.4) is 0 Å². The van der Waals surface area contributed by atoms with E-state index in [0.29, 0.717) is 24.8 Å². The molecule has 2 rings (SSSR count). The Labute approximate surface area is 178 Å². The number of rotatable bonds is 7. The number of allylic oxidation sites excluding steroid dienone is 1. The molecule has 1 fully saturated rings. The molecule has 0 aliphatic heterocycles. The minimum Gasteiger partial charge on any atom is -0.465 e. The van der Waals surface area contributed by atoms with Crippen molar-refractivity contribution in [3.8, 4) is 0 Å². The van der Waals surface area contributed by atoms with Crippen molar-refractivity contribution in [2.45, 2.75) is 79.8 Å². The Morgan fingerprint density at radius 3 is 2.13 bits per heavy atom. The predicted octanol–water partition coefficient (Wildman–Crippen LogP) is 3.54. The SMILES string of the molecule is CCOC(=O)C(CC1=C2CC[C@H](OC(=O)C(C)(C)C)[C@@]2(C)CCC1=O)C(=O)OCC. The maximum absolute atomic E-state index is 12.8. The Balaban J connectivity index is 2.35. The third-order valence-corrected chi connectivity index (χ3v) is 6.04. The summed E-state index contributed by atoms with van der Waals surface area (Å²) in [4.78, 5) is 50.1. The van der Waals surface area contributed by atoms with Crippen LogP contribution in [0.4, 0.5) is 0 Å². The molecule has 0 radical (unpaired) electrons. The van der Waals surface area contributed by atoms with Gasteiger partial charge in [0.1, 0.15) is 6.10 Å². The van der Waals surface area contributed by atoms with Crippen LogP contribution in [0.2, 0.25) is 0 Å². The summed E-state index contributed by atoms with van der Waals surface area (Å²) in [7, 11) is 0. The number of carbonyl (C=O) groups is 4. The summed E-state index contributed by atoms with van der Waals surface area (Å²) < 4.78 is 15.9. The predicted molar refractivity (Wildman–Crippen MR) is 109 cm³/mol. The van der Waals surface area contributed by atoms with Crippen molar-refractivity contribution in [2.75, 3.05) is 13.2 Å². The van der Waals surface area contributed by atoms with Gasteiger partial charge in [0.15, 0.2) is 11.7 Å². The van der Waals surface area contributed by atoms with E-state index in [4.69, 9.17) is 14.2 Å². The van der Waals surface area contributed by atoms with Crippen LogP contribution in [-0.2, 0) is 33.4 Å². The second kappa shape index (κ2) is 9.31. The molecule has 0 saturated heterocycles. The molecule has 1 saturated carbocycles. The maximum Gasteiger partial charge on any atom is 0.320 e. The van der Waals surface area contributed by atoms with Gasteiger partial charge in [-0.25, -0.2) is 0 Å². The first kappa shape index (κ1) is 24.1. The highest BCUT2D eigenvalue weighted by atomic mass is 16.6. The Kier molecular flexibility index (Phi) is 7.48. The van der Waals surface area contributed by atoms with Crippen molar-refractivity contribution in [3.63, 3.8) is 0 Å². The second-order valence-corrected chi connectivity index (χ2v) is 9.24. The van der Waals surface area contributed by atoms with Crippen molar-refractivity contribution in [1.82, 2.24) is 0 Å². The number of fused-ring (bicyclic) bond motifs is 1. The molecule has 2 atom stereocenters. The monoisotopic (exact) mass is 422 g/mol. The van der Waals surface area contributed by atoms with Crippen molar-refractivity contribution < 1.29 is 33.4 Å². The summed E-state index contributed by atoms with van der Waals surface area (Å²) in [5.74, 6) is -2.88. The van der Waals surface area contributed by atoms with E-state index < -0.39 is 28.7 Å². The summed E-state index contributed by atoms with van der Waals surface area (Å²) in [6.07, 6.45) is 1.71. The number of ether oxygens (including phenoxy) is 3. The second-order valence-electron chi connectivity index (χ2n) is 9.24. The fourth-order valence-corrected chi connectivity index (χ4v) is 4.26. The van der Waals surface area contributed by atoms with Gasteiger partial charge >= 0.3 is 17.9 Å². The largest absolute Gasteiger partial charge is 0.465 e.